The Kier molecular flexibility index (Phi) is 37.1. The Hall–Kier alpha value is -0.690. The van der Waals surface area contributed by atoms with Gasteiger partial charge in [-0.3, -0.25) is 0 Å². The third-order valence-corrected chi connectivity index (χ3v) is 12.5. The van der Waals surface area contributed by atoms with E-state index in [0.29, 0.717) is 103 Å². The van der Waals surface area contributed by atoms with E-state index in [1.165, 1.54) is 25.6 Å². The van der Waals surface area contributed by atoms with Crippen molar-refractivity contribution in [2.75, 3.05) is 174 Å². The van der Waals surface area contributed by atoms with Crippen LogP contribution in [-0.4, -0.2) is 255 Å². The van der Waals surface area contributed by atoms with Crippen LogP contribution in [-0.2, 0) is 80.6 Å². The number of unbranched alkanes of at least 4 members (excludes halogenated alkanes) is 1. The van der Waals surface area contributed by atoms with Gasteiger partial charge >= 0.3 is 11.9 Å². The zero-order chi connectivity index (χ0) is 48.9. The highest BCUT2D eigenvalue weighted by Crippen LogP contribution is 2.22. The van der Waals surface area contributed by atoms with Crippen molar-refractivity contribution in [3.63, 3.8) is 0 Å². The molecule has 0 amide bonds. The molecule has 0 spiro atoms. The topological polar surface area (TPSA) is 254 Å². The molecule has 0 aromatic carbocycles. The first-order chi connectivity index (χ1) is 32.4. The maximum Gasteiger partial charge on any atom is 0.364 e. The number of rotatable bonds is 46. The predicted octanol–water partition coefficient (Wildman–Crippen LogP) is 1.65. The van der Waals surface area contributed by atoms with Crippen molar-refractivity contribution in [3.05, 3.63) is 0 Å². The summed E-state index contributed by atoms with van der Waals surface area (Å²) in [5.41, 5.74) is 0. The van der Waals surface area contributed by atoms with Gasteiger partial charge in [0.15, 0.2) is 0 Å². The monoisotopic (exact) mass is 1030 g/mol. The molecule has 67 heavy (non-hydrogen) atoms. The quantitative estimate of drug-likeness (QED) is 0.0429. The lowest BCUT2D eigenvalue weighted by Crippen LogP contribution is -2.50. The summed E-state index contributed by atoms with van der Waals surface area (Å²) < 4.78 is 84.2. The molecular weight excluding hydrogens is 949 g/mol. The molecule has 0 bridgehead atoms. The van der Waals surface area contributed by atoms with Crippen LogP contribution in [0.5, 0.6) is 0 Å². The molecule has 396 valence electrons. The van der Waals surface area contributed by atoms with Crippen LogP contribution in [0.3, 0.4) is 0 Å². The Balaban J connectivity index is 1.58. The van der Waals surface area contributed by atoms with Crippen molar-refractivity contribution in [1.82, 2.24) is 0 Å². The molecule has 2 aliphatic heterocycles. The van der Waals surface area contributed by atoms with Gasteiger partial charge in [0.1, 0.15) is 12.2 Å². The molecule has 2 heterocycles. The summed E-state index contributed by atoms with van der Waals surface area (Å²) in [6, 6.07) is 0. The van der Waals surface area contributed by atoms with Crippen LogP contribution in [0.4, 0.5) is 0 Å². The van der Waals surface area contributed by atoms with E-state index in [4.69, 9.17) is 71.1 Å². The van der Waals surface area contributed by atoms with Crippen LogP contribution in [0.15, 0.2) is 0 Å². The number of carboxylic acids is 2. The highest BCUT2D eigenvalue weighted by Gasteiger charge is 2.42. The summed E-state index contributed by atoms with van der Waals surface area (Å²) in [5.74, 6) is -3.66. The maximum atomic E-state index is 11.5. The van der Waals surface area contributed by atoms with Gasteiger partial charge in [-0.25, -0.2) is 9.59 Å². The standard InChI is InChI=1S/C43H80O21S3/c1-4-5-7-50-9-11-52-13-15-54-17-19-56-20-18-55-16-14-53-12-10-51-8-6-21-66-31-35(45)23-58-39(25-60-37-28-63-43(3,41(48)49)64-29-37)33-67-32-38(57-22-34(44)30-65)24-59-36-26-61-42(2,40(46)47)62-27-36/h34-39,44-45,65H,4-33H2,1-3H3,(H,46,47)(H,48,49). The van der Waals surface area contributed by atoms with Gasteiger partial charge in [0.05, 0.1) is 157 Å². The van der Waals surface area contributed by atoms with Crippen LogP contribution in [0.1, 0.15) is 40.0 Å². The summed E-state index contributed by atoms with van der Waals surface area (Å²) in [6.07, 6.45) is -0.546. The SMILES string of the molecule is CCCCOCCOCCOCCOCCOCCOCCOCCCSCC(O)COC(COC1COC(C)(C(=O)O)OC1)CSCC(COC1COC(C)(C(=O)O)OC1)OCC(O)CS. The molecule has 2 rings (SSSR count). The lowest BCUT2D eigenvalue weighted by molar-refractivity contribution is -0.285. The molecule has 0 radical (unpaired) electrons. The molecule has 0 saturated carbocycles. The Labute approximate surface area is 410 Å². The molecule has 0 aromatic rings. The summed E-state index contributed by atoms with van der Waals surface area (Å²) in [7, 11) is 0. The molecule has 4 atom stereocenters. The van der Waals surface area contributed by atoms with Gasteiger partial charge in [-0.1, -0.05) is 13.3 Å². The second kappa shape index (κ2) is 39.9. The fraction of sp³-hybridized carbons (Fsp3) is 0.953. The van der Waals surface area contributed by atoms with Crippen molar-refractivity contribution in [2.45, 2.75) is 88.2 Å². The van der Waals surface area contributed by atoms with Crippen molar-refractivity contribution in [2.24, 2.45) is 0 Å². The van der Waals surface area contributed by atoms with E-state index in [1.54, 1.807) is 11.8 Å². The number of carboxylic acid groups (broad SMARTS) is 2. The van der Waals surface area contributed by atoms with Crippen molar-refractivity contribution in [3.8, 4) is 0 Å². The van der Waals surface area contributed by atoms with Gasteiger partial charge < -0.3 is 91.5 Å². The summed E-state index contributed by atoms with van der Waals surface area (Å²) in [6.45, 7) is 12.6. The Bertz CT molecular complexity index is 1200. The fourth-order valence-electron chi connectivity index (χ4n) is 5.48. The van der Waals surface area contributed by atoms with Crippen molar-refractivity contribution >= 4 is 48.1 Å². The molecule has 0 aromatic heterocycles. The van der Waals surface area contributed by atoms with Gasteiger partial charge in [-0.05, 0) is 18.6 Å². The highest BCUT2D eigenvalue weighted by atomic mass is 32.2. The smallest absolute Gasteiger partial charge is 0.364 e. The average Bonchev–Trinajstić information content (AvgIpc) is 3.32. The van der Waals surface area contributed by atoms with Gasteiger partial charge in [-0.2, -0.15) is 36.2 Å². The number of aliphatic carboxylic acids is 2. The predicted molar refractivity (Wildman–Crippen MR) is 251 cm³/mol. The molecule has 21 nitrogen and oxygen atoms in total. The molecule has 24 heteroatoms. The Morgan fingerprint density at radius 3 is 1.27 bits per heavy atom. The highest BCUT2D eigenvalue weighted by molar-refractivity contribution is 7.99. The molecule has 4 N–H and O–H groups in total. The first kappa shape index (κ1) is 62.4. The molecule has 4 unspecified atom stereocenters. The third kappa shape index (κ3) is 31.4. The molecule has 2 saturated heterocycles. The van der Waals surface area contributed by atoms with E-state index in [-0.39, 0.29) is 58.6 Å². The van der Waals surface area contributed by atoms with Gasteiger partial charge in [0, 0.05) is 50.1 Å². The molecule has 2 fully saturated rings. The van der Waals surface area contributed by atoms with Gasteiger partial charge in [-0.15, -0.1) is 0 Å². The second-order valence-electron chi connectivity index (χ2n) is 15.7. The number of aliphatic hydroxyl groups is 2. The van der Waals surface area contributed by atoms with Crippen molar-refractivity contribution in [1.29, 1.82) is 0 Å². The number of aliphatic hydroxyl groups excluding tert-OH is 2. The number of thioether (sulfide) groups is 2. The van der Waals surface area contributed by atoms with E-state index in [0.717, 1.165) is 31.6 Å². The van der Waals surface area contributed by atoms with Crippen LogP contribution in [0.2, 0.25) is 0 Å². The van der Waals surface area contributed by atoms with Crippen LogP contribution < -0.4 is 0 Å². The Morgan fingerprint density at radius 1 is 0.552 bits per heavy atom. The zero-order valence-corrected chi connectivity index (χ0v) is 42.2. The maximum absolute atomic E-state index is 11.5. The second-order valence-corrected chi connectivity index (χ2v) is 18.3. The van der Waals surface area contributed by atoms with Crippen LogP contribution in [0.25, 0.3) is 0 Å². The third-order valence-electron chi connectivity index (χ3n) is 9.62. The average molecular weight is 1030 g/mol. The minimum absolute atomic E-state index is 0.0109. The lowest BCUT2D eigenvalue weighted by atomic mass is 10.2. The van der Waals surface area contributed by atoms with E-state index in [9.17, 15) is 30.0 Å². The Morgan fingerprint density at radius 2 is 0.910 bits per heavy atom. The largest absolute Gasteiger partial charge is 0.477 e. The van der Waals surface area contributed by atoms with E-state index < -0.39 is 60.1 Å². The fourth-order valence-corrected chi connectivity index (χ4v) is 7.49. The van der Waals surface area contributed by atoms with Gasteiger partial charge in [0.2, 0.25) is 0 Å². The lowest BCUT2D eigenvalue weighted by Gasteiger charge is -2.35. The van der Waals surface area contributed by atoms with Crippen molar-refractivity contribution < 1.29 is 101 Å². The van der Waals surface area contributed by atoms with Crippen LogP contribution in [0, 0.1) is 0 Å². The molecule has 2 aliphatic rings. The first-order valence-corrected chi connectivity index (χ1v) is 26.0. The summed E-state index contributed by atoms with van der Waals surface area (Å²) in [4.78, 5) is 22.9. The summed E-state index contributed by atoms with van der Waals surface area (Å²) in [5, 5.41) is 39.5. The molecule has 0 aliphatic carbocycles. The normalized spacial score (nSPS) is 23.0. The summed E-state index contributed by atoms with van der Waals surface area (Å²) >= 11 is 7.20. The van der Waals surface area contributed by atoms with E-state index >= 15 is 0 Å². The minimum Gasteiger partial charge on any atom is -0.477 e. The number of thiol groups is 1. The number of carbonyl (C=O) groups is 2. The molecular formula is C43H80O21S3. The zero-order valence-electron chi connectivity index (χ0n) is 39.7. The van der Waals surface area contributed by atoms with Crippen LogP contribution >= 0.6 is 36.2 Å². The number of hydrogen-bond acceptors (Lipinski definition) is 22. The number of ether oxygens (including phenoxy) is 15. The first-order valence-electron chi connectivity index (χ1n) is 23.1. The van der Waals surface area contributed by atoms with E-state index in [1.807, 2.05) is 0 Å². The van der Waals surface area contributed by atoms with E-state index in [2.05, 4.69) is 19.6 Å². The minimum atomic E-state index is -1.75. The number of hydrogen-bond donors (Lipinski definition) is 5. The van der Waals surface area contributed by atoms with Gasteiger partial charge in [0.25, 0.3) is 11.6 Å².